The lowest BCUT2D eigenvalue weighted by Crippen LogP contribution is -2.40. The van der Waals surface area contributed by atoms with Gasteiger partial charge in [0.2, 0.25) is 11.7 Å². The van der Waals surface area contributed by atoms with Crippen LogP contribution in [0.15, 0.2) is 55.0 Å². The van der Waals surface area contributed by atoms with E-state index in [1.165, 1.54) is 0 Å². The highest BCUT2D eigenvalue weighted by molar-refractivity contribution is 5.78. The van der Waals surface area contributed by atoms with E-state index in [1.807, 2.05) is 53.2 Å². The van der Waals surface area contributed by atoms with Gasteiger partial charge in [0.25, 0.3) is 0 Å². The SMILES string of the molecule is O=C(NCc1ccccc1)C1CCN(Cc2cnc3ncccn23)CC1. The number of piperidine rings is 1. The molecule has 0 saturated carbocycles. The number of carbonyl (C=O) groups excluding carboxylic acids is 1. The molecule has 0 atom stereocenters. The van der Waals surface area contributed by atoms with Gasteiger partial charge in [-0.1, -0.05) is 30.3 Å². The molecule has 1 aromatic carbocycles. The van der Waals surface area contributed by atoms with Crippen molar-refractivity contribution in [2.45, 2.75) is 25.9 Å². The lowest BCUT2D eigenvalue weighted by atomic mass is 9.95. The van der Waals surface area contributed by atoms with Crippen LogP contribution < -0.4 is 5.32 Å². The Morgan fingerprint density at radius 1 is 1.12 bits per heavy atom. The van der Waals surface area contributed by atoms with Gasteiger partial charge in [-0.2, -0.15) is 0 Å². The monoisotopic (exact) mass is 349 g/mol. The summed E-state index contributed by atoms with van der Waals surface area (Å²) in [6, 6.07) is 12.0. The van der Waals surface area contributed by atoms with Crippen molar-refractivity contribution in [3.8, 4) is 0 Å². The molecule has 4 rings (SSSR count). The summed E-state index contributed by atoms with van der Waals surface area (Å²) in [4.78, 5) is 23.4. The van der Waals surface area contributed by atoms with Crippen molar-refractivity contribution in [2.24, 2.45) is 5.92 Å². The summed E-state index contributed by atoms with van der Waals surface area (Å²) >= 11 is 0. The predicted molar refractivity (Wildman–Crippen MR) is 99.3 cm³/mol. The van der Waals surface area contributed by atoms with Gasteiger partial charge in [-0.05, 0) is 37.6 Å². The van der Waals surface area contributed by atoms with Crippen molar-refractivity contribution in [1.29, 1.82) is 0 Å². The molecule has 0 bridgehead atoms. The molecule has 0 spiro atoms. The first-order chi connectivity index (χ1) is 12.8. The third-order valence-electron chi connectivity index (χ3n) is 5.02. The second kappa shape index (κ2) is 7.66. The second-order valence-electron chi connectivity index (χ2n) is 6.79. The van der Waals surface area contributed by atoms with Gasteiger partial charge in [0.05, 0.1) is 11.9 Å². The van der Waals surface area contributed by atoms with E-state index in [4.69, 9.17) is 0 Å². The molecule has 0 aliphatic carbocycles. The summed E-state index contributed by atoms with van der Waals surface area (Å²) in [5.74, 6) is 1.02. The predicted octanol–water partition coefficient (Wildman–Crippen LogP) is 2.26. The van der Waals surface area contributed by atoms with E-state index in [0.29, 0.717) is 6.54 Å². The van der Waals surface area contributed by atoms with Crippen LogP contribution in [0.1, 0.15) is 24.1 Å². The number of imidazole rings is 1. The number of nitrogens with one attached hydrogen (secondary N) is 1. The van der Waals surface area contributed by atoms with E-state index in [9.17, 15) is 4.79 Å². The van der Waals surface area contributed by atoms with Gasteiger partial charge in [0.1, 0.15) is 0 Å². The minimum absolute atomic E-state index is 0.110. The largest absolute Gasteiger partial charge is 0.352 e. The van der Waals surface area contributed by atoms with E-state index < -0.39 is 0 Å². The number of hydrogen-bond acceptors (Lipinski definition) is 4. The molecular weight excluding hydrogens is 326 g/mol. The third-order valence-corrected chi connectivity index (χ3v) is 5.02. The smallest absolute Gasteiger partial charge is 0.233 e. The molecule has 3 aromatic rings. The van der Waals surface area contributed by atoms with Crippen molar-refractivity contribution in [3.05, 3.63) is 66.2 Å². The van der Waals surface area contributed by atoms with Crippen LogP contribution in [-0.2, 0) is 17.9 Å². The van der Waals surface area contributed by atoms with Crippen LogP contribution >= 0.6 is 0 Å². The standard InChI is InChI=1S/C20H23N5O/c26-19(22-13-16-5-2-1-3-6-16)17-7-11-24(12-8-17)15-18-14-23-20-21-9-4-10-25(18)20/h1-6,9-10,14,17H,7-8,11-13,15H2,(H,22,26). The fourth-order valence-electron chi connectivity index (χ4n) is 3.51. The van der Waals surface area contributed by atoms with Crippen LogP contribution in [0.25, 0.3) is 5.78 Å². The minimum Gasteiger partial charge on any atom is -0.352 e. The van der Waals surface area contributed by atoms with Gasteiger partial charge < -0.3 is 5.32 Å². The highest BCUT2D eigenvalue weighted by Crippen LogP contribution is 2.19. The molecule has 0 unspecified atom stereocenters. The molecule has 0 radical (unpaired) electrons. The number of aromatic nitrogens is 3. The summed E-state index contributed by atoms with van der Waals surface area (Å²) in [7, 11) is 0. The number of rotatable bonds is 5. The zero-order valence-electron chi connectivity index (χ0n) is 14.7. The van der Waals surface area contributed by atoms with Gasteiger partial charge >= 0.3 is 0 Å². The highest BCUT2D eigenvalue weighted by atomic mass is 16.1. The Morgan fingerprint density at radius 2 is 1.92 bits per heavy atom. The van der Waals surface area contributed by atoms with Crippen molar-refractivity contribution in [3.63, 3.8) is 0 Å². The minimum atomic E-state index is 0.110. The van der Waals surface area contributed by atoms with E-state index in [0.717, 1.165) is 49.5 Å². The first-order valence-corrected chi connectivity index (χ1v) is 9.10. The fourth-order valence-corrected chi connectivity index (χ4v) is 3.51. The summed E-state index contributed by atoms with van der Waals surface area (Å²) in [6.07, 6.45) is 7.44. The van der Waals surface area contributed by atoms with Gasteiger partial charge in [0, 0.05) is 31.4 Å². The van der Waals surface area contributed by atoms with Crippen LogP contribution in [0.4, 0.5) is 0 Å². The van der Waals surface area contributed by atoms with Gasteiger partial charge in [0.15, 0.2) is 0 Å². The molecule has 1 fully saturated rings. The molecule has 134 valence electrons. The highest BCUT2D eigenvalue weighted by Gasteiger charge is 2.25. The average Bonchev–Trinajstić information content (AvgIpc) is 3.10. The number of hydrogen-bond donors (Lipinski definition) is 1. The van der Waals surface area contributed by atoms with Crippen molar-refractivity contribution in [1.82, 2.24) is 24.6 Å². The number of benzene rings is 1. The Labute approximate surface area is 152 Å². The van der Waals surface area contributed by atoms with Crippen molar-refractivity contribution < 1.29 is 4.79 Å². The Balaban J connectivity index is 1.28. The first kappa shape index (κ1) is 16.7. The molecule has 1 saturated heterocycles. The molecular formula is C20H23N5O. The quantitative estimate of drug-likeness (QED) is 0.767. The molecule has 26 heavy (non-hydrogen) atoms. The normalized spacial score (nSPS) is 16.0. The van der Waals surface area contributed by atoms with Crippen LogP contribution in [0, 0.1) is 5.92 Å². The maximum Gasteiger partial charge on any atom is 0.233 e. The summed E-state index contributed by atoms with van der Waals surface area (Å²) in [6.45, 7) is 3.30. The topological polar surface area (TPSA) is 62.5 Å². The van der Waals surface area contributed by atoms with Gasteiger partial charge in [-0.3, -0.25) is 14.1 Å². The van der Waals surface area contributed by atoms with Gasteiger partial charge in [-0.25, -0.2) is 9.97 Å². The number of carbonyl (C=O) groups is 1. The Morgan fingerprint density at radius 3 is 2.73 bits per heavy atom. The number of fused-ring (bicyclic) bond motifs is 1. The molecule has 1 amide bonds. The maximum absolute atomic E-state index is 12.4. The lowest BCUT2D eigenvalue weighted by Gasteiger charge is -2.31. The van der Waals surface area contributed by atoms with Crippen molar-refractivity contribution in [2.75, 3.05) is 13.1 Å². The van der Waals surface area contributed by atoms with E-state index in [1.54, 1.807) is 6.20 Å². The fraction of sp³-hybridized carbons (Fsp3) is 0.350. The average molecular weight is 349 g/mol. The molecule has 6 heteroatoms. The molecule has 1 N–H and O–H groups in total. The zero-order chi connectivity index (χ0) is 17.8. The molecule has 3 heterocycles. The maximum atomic E-state index is 12.4. The summed E-state index contributed by atoms with van der Waals surface area (Å²) in [5.41, 5.74) is 2.28. The van der Waals surface area contributed by atoms with Crippen LogP contribution in [0.2, 0.25) is 0 Å². The molecule has 6 nitrogen and oxygen atoms in total. The number of nitrogens with zero attached hydrogens (tertiary/aromatic N) is 4. The number of likely N-dealkylation sites (tertiary alicyclic amines) is 1. The van der Waals surface area contributed by atoms with E-state index in [-0.39, 0.29) is 11.8 Å². The lowest BCUT2D eigenvalue weighted by molar-refractivity contribution is -0.126. The summed E-state index contributed by atoms with van der Waals surface area (Å²) in [5, 5.41) is 3.07. The van der Waals surface area contributed by atoms with Crippen LogP contribution in [-0.4, -0.2) is 38.3 Å². The number of amides is 1. The van der Waals surface area contributed by atoms with Crippen molar-refractivity contribution >= 4 is 11.7 Å². The van der Waals surface area contributed by atoms with E-state index in [2.05, 4.69) is 20.2 Å². The second-order valence-corrected chi connectivity index (χ2v) is 6.79. The summed E-state index contributed by atoms with van der Waals surface area (Å²) < 4.78 is 2.03. The molecule has 1 aliphatic rings. The Kier molecular flexibility index (Phi) is 4.93. The van der Waals surface area contributed by atoms with Crippen LogP contribution in [0.3, 0.4) is 0 Å². The Hall–Kier alpha value is -2.73. The Bertz CT molecular complexity index is 868. The van der Waals surface area contributed by atoms with E-state index >= 15 is 0 Å². The molecule has 2 aromatic heterocycles. The first-order valence-electron chi connectivity index (χ1n) is 9.10. The zero-order valence-corrected chi connectivity index (χ0v) is 14.7. The van der Waals surface area contributed by atoms with Crippen LogP contribution in [0.5, 0.6) is 0 Å². The van der Waals surface area contributed by atoms with Gasteiger partial charge in [-0.15, -0.1) is 0 Å². The third kappa shape index (κ3) is 3.75. The molecule has 1 aliphatic heterocycles.